The fourth-order valence-corrected chi connectivity index (χ4v) is 3.02. The van der Waals surface area contributed by atoms with Crippen LogP contribution in [0.2, 0.25) is 0 Å². The van der Waals surface area contributed by atoms with E-state index in [1.54, 1.807) is 24.3 Å². The van der Waals surface area contributed by atoms with E-state index in [2.05, 4.69) is 22.4 Å². The molecule has 8 nitrogen and oxygen atoms in total. The van der Waals surface area contributed by atoms with Crippen molar-refractivity contribution in [3.05, 3.63) is 47.6 Å². The van der Waals surface area contributed by atoms with Gasteiger partial charge in [-0.2, -0.15) is 20.8 Å². The number of hydrogen-bond acceptors (Lipinski definition) is 6. The zero-order valence-corrected chi connectivity index (χ0v) is 15.2. The number of hydrogen-bond donors (Lipinski definition) is 2. The van der Waals surface area contributed by atoms with Gasteiger partial charge in [-0.15, -0.1) is 0 Å². The van der Waals surface area contributed by atoms with Gasteiger partial charge in [0.15, 0.2) is 0 Å². The van der Waals surface area contributed by atoms with Gasteiger partial charge >= 0.3 is 11.9 Å². The number of carboxylic acid groups (broad SMARTS) is 2. The largest absolute Gasteiger partial charge is 0.478 e. The van der Waals surface area contributed by atoms with Crippen molar-refractivity contribution in [1.82, 2.24) is 0 Å². The molecule has 0 aromatic rings. The van der Waals surface area contributed by atoms with Crippen LogP contribution in [0.15, 0.2) is 57.8 Å². The minimum absolute atomic E-state index is 0.161. The van der Waals surface area contributed by atoms with Crippen LogP contribution in [0.3, 0.4) is 0 Å². The van der Waals surface area contributed by atoms with Gasteiger partial charge in [0, 0.05) is 12.8 Å². The van der Waals surface area contributed by atoms with Crippen molar-refractivity contribution in [2.45, 2.75) is 49.6 Å². The molecular weight excluding hydrogens is 360 g/mol. The Morgan fingerprint density at radius 1 is 0.893 bits per heavy atom. The molecular formula is C20H20N4O4. The highest BCUT2D eigenvalue weighted by Gasteiger charge is 2.33. The van der Waals surface area contributed by atoms with Gasteiger partial charge < -0.3 is 10.2 Å². The molecule has 0 amide bonds. The molecule has 0 heterocycles. The van der Waals surface area contributed by atoms with Crippen molar-refractivity contribution in [3.8, 4) is 12.1 Å². The molecule has 0 bridgehead atoms. The molecule has 8 heteroatoms. The van der Waals surface area contributed by atoms with Gasteiger partial charge in [-0.05, 0) is 37.8 Å². The van der Waals surface area contributed by atoms with Gasteiger partial charge in [-0.1, -0.05) is 24.3 Å². The van der Waals surface area contributed by atoms with E-state index in [-0.39, 0.29) is 24.0 Å². The number of carbonyl (C=O) groups is 2. The molecule has 0 fully saturated rings. The fourth-order valence-electron chi connectivity index (χ4n) is 3.02. The van der Waals surface area contributed by atoms with E-state index in [1.807, 2.05) is 0 Å². The standard InChI is InChI=1S/C20H20N4O4/c21-13-1-7-19(9-3-15(4-10-19)17(25)26)23-24-20(8-2-14-22)11-5-16(6-12-20)18(27)28/h3-6,9,11H,1-2,7-8,10,12H2,(H,25,26)(H,27,28). The second-order valence-corrected chi connectivity index (χ2v) is 6.73. The smallest absolute Gasteiger partial charge is 0.335 e. The summed E-state index contributed by atoms with van der Waals surface area (Å²) in [6.07, 6.45) is 11.1. The molecule has 0 saturated heterocycles. The van der Waals surface area contributed by atoms with Crippen LogP contribution in [0.4, 0.5) is 0 Å². The predicted octanol–water partition coefficient (Wildman–Crippen LogP) is 3.47. The van der Waals surface area contributed by atoms with Crippen molar-refractivity contribution in [2.75, 3.05) is 0 Å². The van der Waals surface area contributed by atoms with Gasteiger partial charge in [0.05, 0.1) is 23.3 Å². The quantitative estimate of drug-likeness (QED) is 0.616. The first-order valence-electron chi connectivity index (χ1n) is 8.79. The van der Waals surface area contributed by atoms with E-state index in [0.717, 1.165) is 0 Å². The highest BCUT2D eigenvalue weighted by atomic mass is 16.4. The van der Waals surface area contributed by atoms with E-state index in [1.165, 1.54) is 12.2 Å². The molecule has 2 rings (SSSR count). The first kappa shape index (κ1) is 20.8. The van der Waals surface area contributed by atoms with Crippen molar-refractivity contribution in [2.24, 2.45) is 10.2 Å². The minimum atomic E-state index is -1.03. The van der Waals surface area contributed by atoms with Gasteiger partial charge in [0.2, 0.25) is 0 Å². The van der Waals surface area contributed by atoms with Crippen molar-refractivity contribution >= 4 is 11.9 Å². The predicted molar refractivity (Wildman–Crippen MR) is 99.0 cm³/mol. The summed E-state index contributed by atoms with van der Waals surface area (Å²) in [6.45, 7) is 0. The number of nitrogens with zero attached hydrogens (tertiary/aromatic N) is 4. The van der Waals surface area contributed by atoms with Crippen molar-refractivity contribution < 1.29 is 19.8 Å². The Morgan fingerprint density at radius 2 is 1.29 bits per heavy atom. The summed E-state index contributed by atoms with van der Waals surface area (Å²) in [7, 11) is 0. The molecule has 2 aliphatic rings. The second-order valence-electron chi connectivity index (χ2n) is 6.73. The summed E-state index contributed by atoms with van der Waals surface area (Å²) in [5, 5.41) is 45.1. The number of carboxylic acids is 2. The first-order valence-corrected chi connectivity index (χ1v) is 8.79. The molecule has 0 aromatic carbocycles. The maximum atomic E-state index is 11.1. The lowest BCUT2D eigenvalue weighted by atomic mass is 9.84. The fraction of sp³-hybridized carbons (Fsp3) is 0.400. The summed E-state index contributed by atoms with van der Waals surface area (Å²) in [4.78, 5) is 22.2. The van der Waals surface area contributed by atoms with Gasteiger partial charge in [0.25, 0.3) is 0 Å². The van der Waals surface area contributed by atoms with E-state index in [4.69, 9.17) is 20.7 Å². The summed E-state index contributed by atoms with van der Waals surface area (Å²) >= 11 is 0. The molecule has 0 aliphatic heterocycles. The Kier molecular flexibility index (Phi) is 6.62. The molecule has 2 aliphatic carbocycles. The van der Waals surface area contributed by atoms with Crippen LogP contribution in [0.25, 0.3) is 0 Å². The van der Waals surface area contributed by atoms with Crippen LogP contribution < -0.4 is 0 Å². The van der Waals surface area contributed by atoms with Crippen LogP contribution in [-0.4, -0.2) is 33.2 Å². The molecule has 2 unspecified atom stereocenters. The molecule has 0 aromatic heterocycles. The average molecular weight is 380 g/mol. The number of aliphatic carboxylic acids is 2. The Hall–Kier alpha value is -3.52. The topological polar surface area (TPSA) is 147 Å². The monoisotopic (exact) mass is 380 g/mol. The number of rotatable bonds is 8. The molecule has 144 valence electrons. The minimum Gasteiger partial charge on any atom is -0.478 e. The van der Waals surface area contributed by atoms with Crippen LogP contribution in [0, 0.1) is 22.7 Å². The normalized spacial score (nSPS) is 26.2. The zero-order valence-electron chi connectivity index (χ0n) is 15.2. The molecule has 0 saturated carbocycles. The third-order valence-electron chi connectivity index (χ3n) is 4.78. The summed E-state index contributed by atoms with van der Waals surface area (Å²) < 4.78 is 0. The lowest BCUT2D eigenvalue weighted by Gasteiger charge is -2.30. The van der Waals surface area contributed by atoms with Gasteiger partial charge in [0.1, 0.15) is 11.1 Å². The highest BCUT2D eigenvalue weighted by molar-refractivity contribution is 5.90. The van der Waals surface area contributed by atoms with Crippen LogP contribution in [-0.2, 0) is 9.59 Å². The summed E-state index contributed by atoms with van der Waals surface area (Å²) in [6, 6.07) is 4.14. The van der Waals surface area contributed by atoms with Crippen molar-refractivity contribution in [3.63, 3.8) is 0 Å². The van der Waals surface area contributed by atoms with Crippen LogP contribution in [0.1, 0.15) is 38.5 Å². The zero-order chi connectivity index (χ0) is 20.6. The van der Waals surface area contributed by atoms with E-state index in [9.17, 15) is 9.59 Å². The maximum absolute atomic E-state index is 11.1. The van der Waals surface area contributed by atoms with Gasteiger partial charge in [-0.25, -0.2) is 9.59 Å². The van der Waals surface area contributed by atoms with Crippen LogP contribution >= 0.6 is 0 Å². The Morgan fingerprint density at radius 3 is 1.54 bits per heavy atom. The highest BCUT2D eigenvalue weighted by Crippen LogP contribution is 2.35. The average Bonchev–Trinajstić information content (AvgIpc) is 2.70. The van der Waals surface area contributed by atoms with E-state index in [0.29, 0.717) is 25.7 Å². The Bertz CT molecular complexity index is 813. The second kappa shape index (κ2) is 8.92. The third-order valence-corrected chi connectivity index (χ3v) is 4.78. The van der Waals surface area contributed by atoms with E-state index >= 15 is 0 Å². The molecule has 2 N–H and O–H groups in total. The Balaban J connectivity index is 2.30. The van der Waals surface area contributed by atoms with Gasteiger partial charge in [-0.3, -0.25) is 0 Å². The third kappa shape index (κ3) is 5.01. The molecule has 2 atom stereocenters. The molecule has 0 spiro atoms. The summed E-state index contributed by atoms with van der Waals surface area (Å²) in [5.41, 5.74) is -1.35. The lowest BCUT2D eigenvalue weighted by Crippen LogP contribution is -2.30. The SMILES string of the molecule is N#CCCC1(N=NC2(CCC#N)C=CC(C(=O)O)=CC2)C=CC(C(=O)O)=CC1. The molecule has 28 heavy (non-hydrogen) atoms. The van der Waals surface area contributed by atoms with Crippen LogP contribution in [0.5, 0.6) is 0 Å². The summed E-state index contributed by atoms with van der Waals surface area (Å²) in [5.74, 6) is -2.07. The Labute approximate surface area is 162 Å². The molecule has 0 radical (unpaired) electrons. The lowest BCUT2D eigenvalue weighted by molar-refractivity contribution is -0.133. The first-order chi connectivity index (χ1) is 13.4. The van der Waals surface area contributed by atoms with E-state index < -0.39 is 23.0 Å². The maximum Gasteiger partial charge on any atom is 0.335 e. The van der Waals surface area contributed by atoms with Crippen molar-refractivity contribution in [1.29, 1.82) is 10.5 Å². The number of nitriles is 2. The number of azo groups is 1.